The first-order valence-electron chi connectivity index (χ1n) is 8.29. The third kappa shape index (κ3) is 3.84. The molecule has 0 unspecified atom stereocenters. The van der Waals surface area contributed by atoms with E-state index in [1.807, 2.05) is 0 Å². The normalized spacial score (nSPS) is 18.8. The molecule has 1 spiro atoms. The molecule has 2 aliphatic rings. The van der Waals surface area contributed by atoms with Crippen molar-refractivity contribution in [2.75, 3.05) is 32.8 Å². The summed E-state index contributed by atoms with van der Waals surface area (Å²) in [5.41, 5.74) is 0.273. The second-order valence-electron chi connectivity index (χ2n) is 6.30. The van der Waals surface area contributed by atoms with Crippen molar-refractivity contribution in [3.63, 3.8) is 0 Å². The van der Waals surface area contributed by atoms with Crippen LogP contribution in [0.3, 0.4) is 0 Å². The number of halogens is 1. The minimum atomic E-state index is -0.381. The summed E-state index contributed by atoms with van der Waals surface area (Å²) >= 11 is 0. The summed E-state index contributed by atoms with van der Waals surface area (Å²) in [4.78, 5) is 25.8. The van der Waals surface area contributed by atoms with Crippen LogP contribution in [-0.4, -0.2) is 55.2 Å². The maximum absolute atomic E-state index is 12.8. The number of ether oxygens (including phenoxy) is 1. The van der Waals surface area contributed by atoms with Crippen LogP contribution >= 0.6 is 0 Å². The minimum Gasteiger partial charge on any atom is -0.371 e. The van der Waals surface area contributed by atoms with Crippen LogP contribution in [-0.2, 0) is 4.74 Å². The minimum absolute atomic E-state index is 0.119. The lowest BCUT2D eigenvalue weighted by atomic mass is 9.79. The molecule has 1 aliphatic carbocycles. The lowest BCUT2D eigenvalue weighted by Crippen LogP contribution is -2.59. The van der Waals surface area contributed by atoms with Gasteiger partial charge in [-0.1, -0.05) is 0 Å². The smallest absolute Gasteiger partial charge is 0.317 e. The van der Waals surface area contributed by atoms with Gasteiger partial charge in [0, 0.05) is 25.2 Å². The number of nitrogens with zero attached hydrogens (tertiary/aromatic N) is 1. The van der Waals surface area contributed by atoms with E-state index >= 15 is 0 Å². The molecule has 1 saturated heterocycles. The van der Waals surface area contributed by atoms with Gasteiger partial charge in [-0.15, -0.1) is 0 Å². The zero-order valence-electron chi connectivity index (χ0n) is 13.5. The Morgan fingerprint density at radius 2 is 1.88 bits per heavy atom. The molecule has 7 heteroatoms. The Morgan fingerprint density at radius 3 is 2.54 bits per heavy atom. The van der Waals surface area contributed by atoms with Crippen LogP contribution in [0.15, 0.2) is 24.3 Å². The van der Waals surface area contributed by atoms with Gasteiger partial charge < -0.3 is 20.3 Å². The number of carbonyl (C=O) groups is 2. The Labute approximate surface area is 140 Å². The lowest BCUT2D eigenvalue weighted by Gasteiger charge is -2.48. The second-order valence-corrected chi connectivity index (χ2v) is 6.30. The number of hydrogen-bond acceptors (Lipinski definition) is 3. The Kier molecular flexibility index (Phi) is 4.99. The first-order chi connectivity index (χ1) is 11.6. The van der Waals surface area contributed by atoms with Gasteiger partial charge in [0.2, 0.25) is 0 Å². The molecular weight excluding hydrogens is 313 g/mol. The molecule has 0 atom stereocenters. The van der Waals surface area contributed by atoms with Gasteiger partial charge in [-0.3, -0.25) is 4.79 Å². The number of hydrogen-bond donors (Lipinski definition) is 2. The predicted octanol–water partition coefficient (Wildman–Crippen LogP) is 1.52. The standard InChI is InChI=1S/C17H22FN3O3/c18-14-4-2-13(3-5-14)15(22)19-8-9-20-16(23)21-10-11-24-17(12-21)6-1-7-17/h2-5H,1,6-12H2,(H,19,22)(H,20,23). The van der Waals surface area contributed by atoms with E-state index in [0.717, 1.165) is 19.3 Å². The first-order valence-corrected chi connectivity index (χ1v) is 8.29. The van der Waals surface area contributed by atoms with Gasteiger partial charge in [0.1, 0.15) is 5.82 Å². The van der Waals surface area contributed by atoms with Crippen LogP contribution < -0.4 is 10.6 Å². The van der Waals surface area contributed by atoms with Gasteiger partial charge in [-0.25, -0.2) is 9.18 Å². The summed E-state index contributed by atoms with van der Waals surface area (Å²) in [5, 5.41) is 5.51. The lowest BCUT2D eigenvalue weighted by molar-refractivity contribution is -0.141. The summed E-state index contributed by atoms with van der Waals surface area (Å²) < 4.78 is 18.6. The van der Waals surface area contributed by atoms with Crippen molar-refractivity contribution in [3.05, 3.63) is 35.6 Å². The quantitative estimate of drug-likeness (QED) is 0.820. The average Bonchev–Trinajstić information content (AvgIpc) is 2.57. The largest absolute Gasteiger partial charge is 0.371 e. The van der Waals surface area contributed by atoms with Crippen molar-refractivity contribution >= 4 is 11.9 Å². The van der Waals surface area contributed by atoms with Crippen LogP contribution in [0.2, 0.25) is 0 Å². The Balaban J connectivity index is 1.37. The van der Waals surface area contributed by atoms with Crippen LogP contribution in [0.1, 0.15) is 29.6 Å². The Bertz CT molecular complexity index is 602. The molecule has 2 fully saturated rings. The van der Waals surface area contributed by atoms with Crippen LogP contribution in [0.4, 0.5) is 9.18 Å². The van der Waals surface area contributed by atoms with E-state index in [4.69, 9.17) is 4.74 Å². The number of rotatable bonds is 4. The number of carbonyl (C=O) groups excluding carboxylic acids is 2. The van der Waals surface area contributed by atoms with Gasteiger partial charge in [-0.05, 0) is 43.5 Å². The van der Waals surface area contributed by atoms with E-state index in [1.54, 1.807) is 4.90 Å². The van der Waals surface area contributed by atoms with Crippen molar-refractivity contribution in [1.82, 2.24) is 15.5 Å². The van der Waals surface area contributed by atoms with Crippen molar-refractivity contribution in [3.8, 4) is 0 Å². The molecule has 3 rings (SSSR count). The summed E-state index contributed by atoms with van der Waals surface area (Å²) in [6.07, 6.45) is 3.19. The predicted molar refractivity (Wildman–Crippen MR) is 86.2 cm³/mol. The van der Waals surface area contributed by atoms with Gasteiger partial charge >= 0.3 is 6.03 Å². The Morgan fingerprint density at radius 1 is 1.17 bits per heavy atom. The highest BCUT2D eigenvalue weighted by Crippen LogP contribution is 2.38. The number of nitrogens with one attached hydrogen (secondary N) is 2. The highest BCUT2D eigenvalue weighted by Gasteiger charge is 2.43. The van der Waals surface area contributed by atoms with E-state index in [9.17, 15) is 14.0 Å². The fourth-order valence-corrected chi connectivity index (χ4v) is 3.05. The van der Waals surface area contributed by atoms with Crippen molar-refractivity contribution < 1.29 is 18.7 Å². The van der Waals surface area contributed by atoms with Gasteiger partial charge in [0.05, 0.1) is 18.8 Å². The van der Waals surface area contributed by atoms with E-state index < -0.39 is 0 Å². The fraction of sp³-hybridized carbons (Fsp3) is 0.529. The molecule has 0 radical (unpaired) electrons. The first kappa shape index (κ1) is 16.7. The molecule has 24 heavy (non-hydrogen) atoms. The summed E-state index contributed by atoms with van der Waals surface area (Å²) in [6.45, 7) is 2.47. The van der Waals surface area contributed by atoms with Gasteiger partial charge in [-0.2, -0.15) is 0 Å². The summed E-state index contributed by atoms with van der Waals surface area (Å²) in [7, 11) is 0. The highest BCUT2D eigenvalue weighted by atomic mass is 19.1. The summed E-state index contributed by atoms with van der Waals surface area (Å²) in [5.74, 6) is -0.669. The van der Waals surface area contributed by atoms with Gasteiger partial charge in [0.15, 0.2) is 0 Å². The molecule has 1 saturated carbocycles. The van der Waals surface area contributed by atoms with Crippen molar-refractivity contribution in [2.45, 2.75) is 24.9 Å². The fourth-order valence-electron chi connectivity index (χ4n) is 3.05. The molecule has 2 N–H and O–H groups in total. The number of urea groups is 1. The van der Waals surface area contributed by atoms with E-state index in [0.29, 0.717) is 38.3 Å². The molecule has 0 bridgehead atoms. The molecule has 6 nitrogen and oxygen atoms in total. The van der Waals surface area contributed by atoms with E-state index in [2.05, 4.69) is 10.6 Å². The monoisotopic (exact) mass is 335 g/mol. The van der Waals surface area contributed by atoms with Crippen molar-refractivity contribution in [2.24, 2.45) is 0 Å². The molecule has 3 amide bonds. The second kappa shape index (κ2) is 7.17. The molecule has 1 aliphatic heterocycles. The average molecular weight is 335 g/mol. The third-order valence-corrected chi connectivity index (χ3v) is 4.59. The molecule has 1 aromatic rings. The Hall–Kier alpha value is -2.15. The molecule has 130 valence electrons. The van der Waals surface area contributed by atoms with Crippen LogP contribution in [0, 0.1) is 5.82 Å². The third-order valence-electron chi connectivity index (χ3n) is 4.59. The van der Waals surface area contributed by atoms with Crippen LogP contribution in [0.5, 0.6) is 0 Å². The van der Waals surface area contributed by atoms with E-state index in [1.165, 1.54) is 24.3 Å². The SMILES string of the molecule is O=C(NCCNC(=O)N1CCOC2(CCC2)C1)c1ccc(F)cc1. The highest BCUT2D eigenvalue weighted by molar-refractivity contribution is 5.94. The molecule has 1 aromatic carbocycles. The maximum Gasteiger partial charge on any atom is 0.317 e. The topological polar surface area (TPSA) is 70.7 Å². The number of amides is 3. The number of benzene rings is 1. The van der Waals surface area contributed by atoms with E-state index in [-0.39, 0.29) is 23.4 Å². The number of morpholine rings is 1. The zero-order valence-corrected chi connectivity index (χ0v) is 13.5. The van der Waals surface area contributed by atoms with Crippen LogP contribution in [0.25, 0.3) is 0 Å². The molecular formula is C17H22FN3O3. The maximum atomic E-state index is 12.8. The molecule has 0 aromatic heterocycles. The van der Waals surface area contributed by atoms with Crippen molar-refractivity contribution in [1.29, 1.82) is 0 Å². The zero-order chi connectivity index (χ0) is 17.0. The van der Waals surface area contributed by atoms with Gasteiger partial charge in [0.25, 0.3) is 5.91 Å². The molecule has 1 heterocycles. The summed E-state index contributed by atoms with van der Waals surface area (Å²) in [6, 6.07) is 5.21.